The zero-order valence-electron chi connectivity index (χ0n) is 11.0. The van der Waals surface area contributed by atoms with Crippen LogP contribution >= 0.6 is 11.6 Å². The minimum absolute atomic E-state index is 0.605. The molecule has 1 unspecified atom stereocenters. The first-order valence-electron chi connectivity index (χ1n) is 6.44. The minimum atomic E-state index is -0.764. The summed E-state index contributed by atoms with van der Waals surface area (Å²) in [6.45, 7) is 1.93. The standard InChI is InChI=1S/C17H14ClNO/c1-11-5-4-7-14(16(11)18)17(20)13-9-12-6-2-3-8-15(12)19-10-13/h2-10,17,20H,1H3. The molecule has 0 amide bonds. The number of aromatic nitrogens is 1. The lowest BCUT2D eigenvalue weighted by Gasteiger charge is -2.14. The van der Waals surface area contributed by atoms with Gasteiger partial charge in [0.25, 0.3) is 0 Å². The van der Waals surface area contributed by atoms with Crippen LogP contribution in [0.15, 0.2) is 54.7 Å². The van der Waals surface area contributed by atoms with Crippen molar-refractivity contribution in [1.82, 2.24) is 4.98 Å². The second-order valence-corrected chi connectivity index (χ2v) is 5.22. The van der Waals surface area contributed by atoms with E-state index in [0.29, 0.717) is 10.6 Å². The summed E-state index contributed by atoms with van der Waals surface area (Å²) in [5.41, 5.74) is 3.33. The lowest BCUT2D eigenvalue weighted by Crippen LogP contribution is -2.02. The number of aryl methyl sites for hydroxylation is 1. The fourth-order valence-corrected chi connectivity index (χ4v) is 2.53. The average Bonchev–Trinajstić information content (AvgIpc) is 2.49. The molecule has 3 rings (SSSR count). The lowest BCUT2D eigenvalue weighted by atomic mass is 10.00. The summed E-state index contributed by atoms with van der Waals surface area (Å²) in [6.07, 6.45) is 0.936. The van der Waals surface area contributed by atoms with Crippen molar-refractivity contribution in [3.8, 4) is 0 Å². The van der Waals surface area contributed by atoms with Gasteiger partial charge >= 0.3 is 0 Å². The Balaban J connectivity index is 2.08. The molecule has 0 aliphatic rings. The van der Waals surface area contributed by atoms with Crippen molar-refractivity contribution in [1.29, 1.82) is 0 Å². The van der Waals surface area contributed by atoms with Crippen molar-refractivity contribution in [2.45, 2.75) is 13.0 Å². The Morgan fingerprint density at radius 1 is 1.10 bits per heavy atom. The number of hydrogen-bond acceptors (Lipinski definition) is 2. The summed E-state index contributed by atoms with van der Waals surface area (Å²) < 4.78 is 0. The molecule has 1 aromatic heterocycles. The number of rotatable bonds is 2. The number of fused-ring (bicyclic) bond motifs is 1. The highest BCUT2D eigenvalue weighted by Gasteiger charge is 2.15. The van der Waals surface area contributed by atoms with E-state index in [1.807, 2.05) is 55.5 Å². The summed E-state index contributed by atoms with van der Waals surface area (Å²) in [4.78, 5) is 4.38. The molecule has 0 saturated carbocycles. The maximum atomic E-state index is 10.5. The molecular formula is C17H14ClNO. The van der Waals surface area contributed by atoms with Gasteiger partial charge in [-0.1, -0.05) is 48.0 Å². The van der Waals surface area contributed by atoms with Crippen LogP contribution in [0.2, 0.25) is 5.02 Å². The molecule has 0 radical (unpaired) electrons. The molecule has 0 aliphatic heterocycles. The zero-order chi connectivity index (χ0) is 14.1. The molecule has 3 heteroatoms. The van der Waals surface area contributed by atoms with E-state index in [1.54, 1.807) is 6.20 Å². The van der Waals surface area contributed by atoms with E-state index in [0.717, 1.165) is 22.0 Å². The maximum absolute atomic E-state index is 10.5. The fraction of sp³-hybridized carbons (Fsp3) is 0.118. The van der Waals surface area contributed by atoms with Gasteiger partial charge < -0.3 is 5.11 Å². The number of benzene rings is 2. The Morgan fingerprint density at radius 3 is 2.75 bits per heavy atom. The third-order valence-electron chi connectivity index (χ3n) is 3.44. The highest BCUT2D eigenvalue weighted by atomic mass is 35.5. The van der Waals surface area contributed by atoms with Gasteiger partial charge in [0.15, 0.2) is 0 Å². The molecule has 0 fully saturated rings. The number of para-hydroxylation sites is 1. The number of nitrogens with zero attached hydrogens (tertiary/aromatic N) is 1. The smallest absolute Gasteiger partial charge is 0.107 e. The summed E-state index contributed by atoms with van der Waals surface area (Å²) in [6, 6.07) is 15.5. The fourth-order valence-electron chi connectivity index (χ4n) is 2.30. The Labute approximate surface area is 122 Å². The van der Waals surface area contributed by atoms with Gasteiger partial charge in [-0.15, -0.1) is 0 Å². The van der Waals surface area contributed by atoms with E-state index < -0.39 is 6.10 Å². The van der Waals surface area contributed by atoms with Gasteiger partial charge in [0.1, 0.15) is 6.10 Å². The Morgan fingerprint density at radius 2 is 1.90 bits per heavy atom. The maximum Gasteiger partial charge on any atom is 0.107 e. The molecule has 2 nitrogen and oxygen atoms in total. The van der Waals surface area contributed by atoms with Crippen molar-refractivity contribution < 1.29 is 5.11 Å². The highest BCUT2D eigenvalue weighted by Crippen LogP contribution is 2.31. The second-order valence-electron chi connectivity index (χ2n) is 4.84. The van der Waals surface area contributed by atoms with Gasteiger partial charge in [0.05, 0.1) is 5.52 Å². The zero-order valence-corrected chi connectivity index (χ0v) is 11.8. The molecule has 0 aliphatic carbocycles. The van der Waals surface area contributed by atoms with Crippen molar-refractivity contribution in [3.05, 3.63) is 76.4 Å². The topological polar surface area (TPSA) is 33.1 Å². The molecule has 0 bridgehead atoms. The number of aliphatic hydroxyl groups excluding tert-OH is 1. The Bertz CT molecular complexity index is 770. The van der Waals surface area contributed by atoms with Crippen molar-refractivity contribution in [2.75, 3.05) is 0 Å². The van der Waals surface area contributed by atoms with Crippen LogP contribution in [-0.2, 0) is 0 Å². The quantitative estimate of drug-likeness (QED) is 0.761. The summed E-state index contributed by atoms with van der Waals surface area (Å²) in [7, 11) is 0. The van der Waals surface area contributed by atoms with Gasteiger partial charge in [0, 0.05) is 27.7 Å². The summed E-state index contributed by atoms with van der Waals surface area (Å²) in [5, 5.41) is 12.1. The van der Waals surface area contributed by atoms with Crippen LogP contribution in [-0.4, -0.2) is 10.1 Å². The third-order valence-corrected chi connectivity index (χ3v) is 3.96. The SMILES string of the molecule is Cc1cccc(C(O)c2cnc3ccccc3c2)c1Cl. The molecule has 1 heterocycles. The Kier molecular flexibility index (Phi) is 3.43. The van der Waals surface area contributed by atoms with Gasteiger partial charge in [-0.25, -0.2) is 0 Å². The van der Waals surface area contributed by atoms with Gasteiger partial charge in [-0.3, -0.25) is 4.98 Å². The number of hydrogen-bond donors (Lipinski definition) is 1. The molecule has 20 heavy (non-hydrogen) atoms. The predicted molar refractivity (Wildman–Crippen MR) is 82.0 cm³/mol. The Hall–Kier alpha value is -1.90. The summed E-state index contributed by atoms with van der Waals surface area (Å²) >= 11 is 6.28. The van der Waals surface area contributed by atoms with Crippen LogP contribution in [0.4, 0.5) is 0 Å². The molecule has 100 valence electrons. The summed E-state index contributed by atoms with van der Waals surface area (Å²) in [5.74, 6) is 0. The van der Waals surface area contributed by atoms with Crippen molar-refractivity contribution >= 4 is 22.5 Å². The van der Waals surface area contributed by atoms with E-state index in [-0.39, 0.29) is 0 Å². The van der Waals surface area contributed by atoms with Crippen LogP contribution in [0.25, 0.3) is 10.9 Å². The lowest BCUT2D eigenvalue weighted by molar-refractivity contribution is 0.220. The van der Waals surface area contributed by atoms with Crippen LogP contribution in [0, 0.1) is 6.92 Å². The van der Waals surface area contributed by atoms with Gasteiger partial charge in [-0.05, 0) is 24.6 Å². The normalized spacial score (nSPS) is 12.6. The van der Waals surface area contributed by atoms with E-state index in [9.17, 15) is 5.11 Å². The number of pyridine rings is 1. The largest absolute Gasteiger partial charge is 0.384 e. The van der Waals surface area contributed by atoms with E-state index >= 15 is 0 Å². The third kappa shape index (κ3) is 2.28. The van der Waals surface area contributed by atoms with Crippen LogP contribution in [0.1, 0.15) is 22.8 Å². The van der Waals surface area contributed by atoms with E-state index in [2.05, 4.69) is 4.98 Å². The average molecular weight is 284 g/mol. The molecule has 0 spiro atoms. The highest BCUT2D eigenvalue weighted by molar-refractivity contribution is 6.32. The molecule has 1 N–H and O–H groups in total. The molecular weight excluding hydrogens is 270 g/mol. The monoisotopic (exact) mass is 283 g/mol. The number of halogens is 1. The predicted octanol–water partition coefficient (Wildman–Crippen LogP) is 4.28. The molecule has 3 aromatic rings. The van der Waals surface area contributed by atoms with Gasteiger partial charge in [0.2, 0.25) is 0 Å². The van der Waals surface area contributed by atoms with Crippen molar-refractivity contribution in [2.24, 2.45) is 0 Å². The minimum Gasteiger partial charge on any atom is -0.384 e. The van der Waals surface area contributed by atoms with E-state index in [4.69, 9.17) is 11.6 Å². The molecule has 2 aromatic carbocycles. The molecule has 1 atom stereocenters. The first kappa shape index (κ1) is 13.1. The first-order valence-corrected chi connectivity index (χ1v) is 6.82. The second kappa shape index (κ2) is 5.23. The van der Waals surface area contributed by atoms with Crippen LogP contribution in [0.5, 0.6) is 0 Å². The van der Waals surface area contributed by atoms with Crippen LogP contribution < -0.4 is 0 Å². The number of aliphatic hydroxyl groups is 1. The molecule has 0 saturated heterocycles. The van der Waals surface area contributed by atoms with Gasteiger partial charge in [-0.2, -0.15) is 0 Å². The van der Waals surface area contributed by atoms with Crippen molar-refractivity contribution in [3.63, 3.8) is 0 Å². The van der Waals surface area contributed by atoms with Crippen LogP contribution in [0.3, 0.4) is 0 Å². The first-order chi connectivity index (χ1) is 9.66. The van der Waals surface area contributed by atoms with E-state index in [1.165, 1.54) is 0 Å².